The number of rotatable bonds is 5. The summed E-state index contributed by atoms with van der Waals surface area (Å²) in [5.74, 6) is -1.13. The number of nitrogen functional groups attached to an aromatic ring is 1. The van der Waals surface area contributed by atoms with Gasteiger partial charge in [0.2, 0.25) is 5.91 Å². The SMILES string of the molecule is [2H]C([2H])(C(=O)N(C)C)c1ccc(N2CCCN(c3ccnc4sc(C(N)=O)c(N)c34)CC2)cc1. The molecule has 2 amide bonds. The zero-order valence-electron chi connectivity index (χ0n) is 20.2. The summed E-state index contributed by atoms with van der Waals surface area (Å²) in [7, 11) is 3.10. The first-order valence-corrected chi connectivity index (χ1v) is 11.2. The maximum atomic E-state index is 12.2. The molecule has 0 unspecified atom stereocenters. The van der Waals surface area contributed by atoms with Gasteiger partial charge in [-0.25, -0.2) is 4.98 Å². The highest BCUT2D eigenvalue weighted by Gasteiger charge is 2.22. The molecule has 3 aromatic rings. The average molecular weight is 455 g/mol. The molecule has 1 aliphatic rings. The van der Waals surface area contributed by atoms with E-state index >= 15 is 0 Å². The van der Waals surface area contributed by atoms with Crippen LogP contribution in [0.2, 0.25) is 0 Å². The Hall–Kier alpha value is -3.33. The number of likely N-dealkylation sites (N-methyl/N-ethyl adjacent to an activating group) is 1. The van der Waals surface area contributed by atoms with E-state index in [0.29, 0.717) is 21.0 Å². The second-order valence-electron chi connectivity index (χ2n) is 7.92. The number of fused-ring (bicyclic) bond motifs is 1. The van der Waals surface area contributed by atoms with E-state index in [9.17, 15) is 9.59 Å². The molecule has 168 valence electrons. The number of amides is 2. The average Bonchev–Trinajstić information content (AvgIpc) is 2.99. The van der Waals surface area contributed by atoms with Gasteiger partial charge in [0, 0.05) is 54.9 Å². The number of nitrogens with two attached hydrogens (primary N) is 2. The number of hydrogen-bond donors (Lipinski definition) is 2. The summed E-state index contributed by atoms with van der Waals surface area (Å²) in [4.78, 5) is 35.1. The molecule has 1 fully saturated rings. The van der Waals surface area contributed by atoms with E-state index in [1.54, 1.807) is 32.4 Å². The number of anilines is 3. The van der Waals surface area contributed by atoms with E-state index in [1.165, 1.54) is 16.2 Å². The van der Waals surface area contributed by atoms with Gasteiger partial charge in [0.05, 0.1) is 23.1 Å². The lowest BCUT2D eigenvalue weighted by Crippen LogP contribution is -2.30. The molecule has 0 spiro atoms. The van der Waals surface area contributed by atoms with Gasteiger partial charge in [-0.1, -0.05) is 12.1 Å². The fraction of sp³-hybridized carbons (Fsp3) is 0.348. The summed E-state index contributed by atoms with van der Waals surface area (Å²) in [5.41, 5.74) is 14.4. The molecule has 4 rings (SSSR count). The van der Waals surface area contributed by atoms with Gasteiger partial charge in [-0.05, 0) is 30.2 Å². The minimum absolute atomic E-state index is 0.332. The number of hydrogen-bond acceptors (Lipinski definition) is 7. The topological polar surface area (TPSA) is 109 Å². The Morgan fingerprint density at radius 2 is 1.81 bits per heavy atom. The first-order chi connectivity index (χ1) is 16.1. The minimum atomic E-state index is -2.07. The van der Waals surface area contributed by atoms with Crippen molar-refractivity contribution in [2.45, 2.75) is 12.8 Å². The van der Waals surface area contributed by atoms with Crippen LogP contribution in [-0.2, 0) is 11.2 Å². The van der Waals surface area contributed by atoms with E-state index < -0.39 is 18.2 Å². The molecular weight excluding hydrogens is 424 g/mol. The minimum Gasteiger partial charge on any atom is -0.397 e. The number of thiophene rings is 1. The van der Waals surface area contributed by atoms with Crippen LogP contribution in [0.3, 0.4) is 0 Å². The van der Waals surface area contributed by atoms with Crippen LogP contribution in [0, 0.1) is 0 Å². The molecule has 0 aliphatic carbocycles. The van der Waals surface area contributed by atoms with Gasteiger partial charge in [0.25, 0.3) is 5.91 Å². The molecule has 1 saturated heterocycles. The van der Waals surface area contributed by atoms with Crippen molar-refractivity contribution in [2.24, 2.45) is 5.73 Å². The normalized spacial score (nSPS) is 15.8. The lowest BCUT2D eigenvalue weighted by atomic mass is 10.1. The van der Waals surface area contributed by atoms with Crippen molar-refractivity contribution in [3.63, 3.8) is 0 Å². The predicted octanol–water partition coefficient (Wildman–Crippen LogP) is 2.32. The van der Waals surface area contributed by atoms with Gasteiger partial charge in [-0.15, -0.1) is 11.3 Å². The first kappa shape index (κ1) is 19.4. The van der Waals surface area contributed by atoms with Crippen molar-refractivity contribution in [1.29, 1.82) is 0 Å². The third kappa shape index (κ3) is 4.34. The van der Waals surface area contributed by atoms with Crippen LogP contribution in [0.5, 0.6) is 0 Å². The summed E-state index contributed by atoms with van der Waals surface area (Å²) in [6.45, 7) is 3.13. The number of pyridine rings is 1. The predicted molar refractivity (Wildman–Crippen MR) is 130 cm³/mol. The highest BCUT2D eigenvalue weighted by Crippen LogP contribution is 2.38. The van der Waals surface area contributed by atoms with E-state index in [4.69, 9.17) is 14.2 Å². The van der Waals surface area contributed by atoms with Crippen molar-refractivity contribution in [3.05, 3.63) is 47.0 Å². The Labute approximate surface area is 194 Å². The van der Waals surface area contributed by atoms with Crippen LogP contribution in [0.25, 0.3) is 10.2 Å². The maximum Gasteiger partial charge on any atom is 0.260 e. The summed E-state index contributed by atoms with van der Waals surface area (Å²) in [6, 6.07) is 9.02. The van der Waals surface area contributed by atoms with E-state index in [1.807, 2.05) is 18.2 Å². The maximum absolute atomic E-state index is 12.2. The highest BCUT2D eigenvalue weighted by molar-refractivity contribution is 7.21. The molecule has 32 heavy (non-hydrogen) atoms. The zero-order chi connectivity index (χ0) is 24.6. The molecule has 1 aromatic carbocycles. The summed E-state index contributed by atoms with van der Waals surface area (Å²) >= 11 is 1.21. The Balaban J connectivity index is 1.53. The van der Waals surface area contributed by atoms with Gasteiger partial charge in [-0.3, -0.25) is 9.59 Å². The van der Waals surface area contributed by atoms with Crippen molar-refractivity contribution < 1.29 is 12.3 Å². The second-order valence-corrected chi connectivity index (χ2v) is 8.92. The number of carbonyl (C=O) groups is 2. The van der Waals surface area contributed by atoms with Crippen molar-refractivity contribution in [2.75, 3.05) is 55.8 Å². The summed E-state index contributed by atoms with van der Waals surface area (Å²) in [6.07, 6.45) is 0.551. The molecule has 4 N–H and O–H groups in total. The Bertz CT molecular complexity index is 1230. The van der Waals surface area contributed by atoms with E-state index in [-0.39, 0.29) is 0 Å². The number of carbonyl (C=O) groups excluding carboxylic acids is 2. The van der Waals surface area contributed by atoms with Crippen LogP contribution < -0.4 is 21.3 Å². The molecule has 9 heteroatoms. The third-order valence-electron chi connectivity index (χ3n) is 5.56. The third-order valence-corrected chi connectivity index (χ3v) is 6.69. The quantitative estimate of drug-likeness (QED) is 0.612. The van der Waals surface area contributed by atoms with Crippen LogP contribution in [0.4, 0.5) is 17.1 Å². The number of nitrogens with zero attached hydrogens (tertiary/aromatic N) is 4. The number of aromatic nitrogens is 1. The molecule has 2 aromatic heterocycles. The molecule has 3 heterocycles. The van der Waals surface area contributed by atoms with E-state index in [0.717, 1.165) is 49.4 Å². The van der Waals surface area contributed by atoms with E-state index in [2.05, 4.69) is 14.8 Å². The number of primary amides is 1. The Kier molecular flexibility index (Phi) is 5.47. The largest absolute Gasteiger partial charge is 0.397 e. The van der Waals surface area contributed by atoms with Crippen LogP contribution in [0.15, 0.2) is 36.5 Å². The van der Waals surface area contributed by atoms with Gasteiger partial charge in [-0.2, -0.15) is 0 Å². The van der Waals surface area contributed by atoms with Crippen LogP contribution >= 0.6 is 11.3 Å². The molecule has 0 bridgehead atoms. The fourth-order valence-electron chi connectivity index (χ4n) is 3.88. The van der Waals surface area contributed by atoms with Gasteiger partial charge in [0.15, 0.2) is 0 Å². The van der Waals surface area contributed by atoms with Crippen LogP contribution in [-0.4, -0.2) is 62.0 Å². The van der Waals surface area contributed by atoms with Gasteiger partial charge in [0.1, 0.15) is 9.71 Å². The van der Waals surface area contributed by atoms with Gasteiger partial charge < -0.3 is 26.2 Å². The van der Waals surface area contributed by atoms with Gasteiger partial charge >= 0.3 is 0 Å². The fourth-order valence-corrected chi connectivity index (χ4v) is 4.82. The molecule has 0 atom stereocenters. The Morgan fingerprint density at radius 1 is 1.12 bits per heavy atom. The molecule has 0 saturated carbocycles. The smallest absolute Gasteiger partial charge is 0.260 e. The van der Waals surface area contributed by atoms with Crippen molar-refractivity contribution in [3.8, 4) is 0 Å². The zero-order valence-corrected chi connectivity index (χ0v) is 19.0. The lowest BCUT2D eigenvalue weighted by molar-refractivity contribution is -0.127. The molecular formula is C23H28N6O2S. The second kappa shape index (κ2) is 9.04. The highest BCUT2D eigenvalue weighted by atomic mass is 32.1. The summed E-state index contributed by atoms with van der Waals surface area (Å²) < 4.78 is 16.4. The lowest BCUT2D eigenvalue weighted by Gasteiger charge is -2.25. The standard InChI is InChI=1S/C23H28N6O2S/c1-27(2)18(30)14-15-4-6-16(7-5-15)28-10-3-11-29(13-12-28)17-8-9-26-23-19(17)20(24)21(32-23)22(25)31/h4-9H,3,10-14,24H2,1-2H3,(H2,25,31)/i14D2. The first-order valence-electron chi connectivity index (χ1n) is 11.4. The monoisotopic (exact) mass is 454 g/mol. The molecule has 8 nitrogen and oxygen atoms in total. The molecule has 0 radical (unpaired) electrons. The van der Waals surface area contributed by atoms with Crippen molar-refractivity contribution >= 4 is 50.4 Å². The Morgan fingerprint density at radius 3 is 2.50 bits per heavy atom. The summed E-state index contributed by atoms with van der Waals surface area (Å²) in [5, 5.41) is 0.770. The van der Waals surface area contributed by atoms with Crippen LogP contribution in [0.1, 0.15) is 24.4 Å². The van der Waals surface area contributed by atoms with Crippen molar-refractivity contribution in [1.82, 2.24) is 9.88 Å². The molecule has 1 aliphatic heterocycles. The number of benzene rings is 1.